The van der Waals surface area contributed by atoms with Crippen LogP contribution in [0.25, 0.3) is 0 Å². The van der Waals surface area contributed by atoms with Crippen molar-refractivity contribution in [1.29, 1.82) is 0 Å². The van der Waals surface area contributed by atoms with Gasteiger partial charge in [-0.3, -0.25) is 14.3 Å². The van der Waals surface area contributed by atoms with Crippen LogP contribution in [-0.2, 0) is 14.9 Å². The van der Waals surface area contributed by atoms with Crippen LogP contribution < -0.4 is 34.7 Å². The first kappa shape index (κ1) is 52.0. The minimum absolute atomic E-state index is 0. The Labute approximate surface area is 333 Å². The molecule has 292 valence electrons. The first-order chi connectivity index (χ1) is 23.7. The summed E-state index contributed by atoms with van der Waals surface area (Å²) in [4.78, 5) is 19.5. The maximum absolute atomic E-state index is 13.4. The number of aliphatic imine (C=N–C) groups is 1. The number of amides is 1. The molecule has 0 saturated carbocycles. The summed E-state index contributed by atoms with van der Waals surface area (Å²) in [5.74, 6) is -0.648. The summed E-state index contributed by atoms with van der Waals surface area (Å²) in [7, 11) is -3.97. The fourth-order valence-electron chi connectivity index (χ4n) is 6.66. The van der Waals surface area contributed by atoms with E-state index in [-0.39, 0.29) is 53.5 Å². The third-order valence-electron chi connectivity index (χ3n) is 9.86. The van der Waals surface area contributed by atoms with Gasteiger partial charge in [-0.2, -0.15) is 8.42 Å². The van der Waals surface area contributed by atoms with Gasteiger partial charge in [0.1, 0.15) is 6.04 Å². The van der Waals surface area contributed by atoms with Crippen molar-refractivity contribution in [1.82, 2.24) is 4.90 Å². The molecule has 0 aliphatic heterocycles. The van der Waals surface area contributed by atoms with Crippen LogP contribution in [0.5, 0.6) is 0 Å². The minimum Gasteiger partial charge on any atom is -0.862 e. The second-order valence-electron chi connectivity index (χ2n) is 14.8. The summed E-state index contributed by atoms with van der Waals surface area (Å²) in [6, 6.07) is -0.691. The molecule has 1 amide bonds. The first-order valence-corrected chi connectivity index (χ1v) is 22.8. The van der Waals surface area contributed by atoms with Gasteiger partial charge >= 0.3 is 29.6 Å². The van der Waals surface area contributed by atoms with Gasteiger partial charge in [-0.05, 0) is 44.9 Å². The fourth-order valence-corrected chi connectivity index (χ4v) is 7.23. The normalized spacial score (nSPS) is 12.6. The van der Waals surface area contributed by atoms with Crippen molar-refractivity contribution in [2.75, 3.05) is 18.8 Å². The molecular formula is C41H81N2NaO5S. The molecule has 1 N–H and O–H groups in total. The van der Waals surface area contributed by atoms with Crippen LogP contribution in [-0.4, -0.2) is 54.6 Å². The van der Waals surface area contributed by atoms with Crippen molar-refractivity contribution in [2.24, 2.45) is 4.99 Å². The molecular weight excluding hydrogens is 656 g/mol. The molecule has 0 aromatic carbocycles. The van der Waals surface area contributed by atoms with Crippen LogP contribution in [0.15, 0.2) is 4.99 Å². The molecule has 7 nitrogen and oxygen atoms in total. The molecule has 0 spiro atoms. The van der Waals surface area contributed by atoms with Crippen molar-refractivity contribution >= 4 is 21.9 Å². The van der Waals surface area contributed by atoms with E-state index < -0.39 is 16.2 Å². The van der Waals surface area contributed by atoms with Crippen molar-refractivity contribution in [2.45, 2.75) is 232 Å². The van der Waals surface area contributed by atoms with Gasteiger partial charge in [0.2, 0.25) is 5.91 Å². The Morgan fingerprint density at radius 1 is 0.560 bits per heavy atom. The Morgan fingerprint density at radius 2 is 0.860 bits per heavy atom. The SMILES string of the molecule is CCCCCCCCCCCCCCCCN(CCCCCCCCCCCCCCCC)C(=O)C(C)N=C([O-])CCCCCS(=O)(=O)O.[Na+]. The van der Waals surface area contributed by atoms with Gasteiger partial charge in [-0.1, -0.05) is 187 Å². The average Bonchev–Trinajstić information content (AvgIpc) is 3.06. The Morgan fingerprint density at radius 3 is 1.18 bits per heavy atom. The largest absolute Gasteiger partial charge is 1.00 e. The third kappa shape index (κ3) is 37.6. The van der Waals surface area contributed by atoms with Crippen LogP contribution in [0.1, 0.15) is 226 Å². The standard InChI is InChI=1S/C41H82N2O5S.Na/c1-4-6-8-10-12-14-16-18-20-22-24-26-28-32-36-43(37-33-29-27-25-23-21-19-17-15-13-11-9-7-5-2)41(45)39(3)42-40(44)35-31-30-34-38-49(46,47)48;/h39H,4-38H2,1-3H3,(H,42,44)(H,46,47,48);/q;+1/p-1. The van der Waals surface area contributed by atoms with Gasteiger partial charge in [0.05, 0.1) is 5.75 Å². The number of nitrogens with zero attached hydrogens (tertiary/aromatic N) is 2. The summed E-state index contributed by atoms with van der Waals surface area (Å²) in [6.45, 7) is 7.74. The second-order valence-corrected chi connectivity index (χ2v) is 16.4. The molecule has 1 atom stereocenters. The van der Waals surface area contributed by atoms with E-state index in [1.54, 1.807) is 6.92 Å². The number of hydrogen-bond donors (Lipinski definition) is 1. The second kappa shape index (κ2) is 38.6. The minimum atomic E-state index is -3.97. The van der Waals surface area contributed by atoms with Crippen molar-refractivity contribution in [3.05, 3.63) is 0 Å². The third-order valence-corrected chi connectivity index (χ3v) is 10.7. The number of unbranched alkanes of at least 4 members (excludes halogenated alkanes) is 28. The van der Waals surface area contributed by atoms with Gasteiger partial charge in [-0.15, -0.1) is 0 Å². The van der Waals surface area contributed by atoms with Gasteiger partial charge in [0.15, 0.2) is 0 Å². The zero-order chi connectivity index (χ0) is 36.3. The van der Waals surface area contributed by atoms with Gasteiger partial charge in [0.25, 0.3) is 10.1 Å². The van der Waals surface area contributed by atoms with E-state index in [1.807, 2.05) is 4.90 Å². The van der Waals surface area contributed by atoms with Crippen molar-refractivity contribution in [3.63, 3.8) is 0 Å². The van der Waals surface area contributed by atoms with Crippen molar-refractivity contribution in [3.8, 4) is 0 Å². The van der Waals surface area contributed by atoms with E-state index in [4.69, 9.17) is 4.55 Å². The molecule has 0 saturated heterocycles. The van der Waals surface area contributed by atoms with Crippen LogP contribution >= 0.6 is 0 Å². The summed E-state index contributed by atoms with van der Waals surface area (Å²) in [5.41, 5.74) is 0. The molecule has 0 radical (unpaired) electrons. The van der Waals surface area contributed by atoms with E-state index in [1.165, 1.54) is 154 Å². The van der Waals surface area contributed by atoms with Crippen LogP contribution in [0.4, 0.5) is 0 Å². The predicted molar refractivity (Wildman–Crippen MR) is 209 cm³/mol. The van der Waals surface area contributed by atoms with E-state index in [2.05, 4.69) is 18.8 Å². The quantitative estimate of drug-likeness (QED) is 0.0225. The Hall–Kier alpha value is -0.150. The Balaban J connectivity index is 0. The summed E-state index contributed by atoms with van der Waals surface area (Å²) >= 11 is 0. The van der Waals surface area contributed by atoms with Gasteiger partial charge < -0.3 is 10.0 Å². The average molecular weight is 737 g/mol. The number of carbonyl (C=O) groups excluding carboxylic acids is 1. The molecule has 0 heterocycles. The molecule has 0 aliphatic rings. The smallest absolute Gasteiger partial charge is 0.862 e. The summed E-state index contributed by atoms with van der Waals surface area (Å²) in [5, 5.41) is 12.4. The molecule has 0 bridgehead atoms. The number of rotatable bonds is 38. The van der Waals surface area contributed by atoms with E-state index in [9.17, 15) is 18.3 Å². The number of hydrogen-bond acceptors (Lipinski definition) is 5. The maximum Gasteiger partial charge on any atom is 1.00 e. The topological polar surface area (TPSA) is 110 Å². The van der Waals surface area contributed by atoms with Gasteiger partial charge in [-0.25, -0.2) is 0 Å². The number of carbonyl (C=O) groups is 1. The van der Waals surface area contributed by atoms with E-state index in [0.29, 0.717) is 19.3 Å². The molecule has 1 unspecified atom stereocenters. The molecule has 0 aromatic rings. The fraction of sp³-hybridized carbons (Fsp3) is 0.951. The van der Waals surface area contributed by atoms with Gasteiger partial charge in [0, 0.05) is 13.1 Å². The molecule has 0 rings (SSSR count). The Kier molecular flexibility index (Phi) is 40.1. The van der Waals surface area contributed by atoms with E-state index >= 15 is 0 Å². The maximum atomic E-state index is 13.4. The zero-order valence-electron chi connectivity index (χ0n) is 33.7. The van der Waals surface area contributed by atoms with Crippen molar-refractivity contribution < 1.29 is 52.4 Å². The summed E-state index contributed by atoms with van der Waals surface area (Å²) < 4.78 is 30.6. The van der Waals surface area contributed by atoms with Crippen LogP contribution in [0, 0.1) is 0 Å². The van der Waals surface area contributed by atoms with Crippen LogP contribution in [0.2, 0.25) is 0 Å². The monoisotopic (exact) mass is 737 g/mol. The van der Waals surface area contributed by atoms with E-state index in [0.717, 1.165) is 38.8 Å². The molecule has 0 fully saturated rings. The molecule has 50 heavy (non-hydrogen) atoms. The molecule has 0 aromatic heterocycles. The summed E-state index contributed by atoms with van der Waals surface area (Å²) in [6.07, 6.45) is 38.1. The zero-order valence-corrected chi connectivity index (χ0v) is 36.5. The first-order valence-electron chi connectivity index (χ1n) is 21.2. The Bertz CT molecular complexity index is 839. The predicted octanol–water partition coefficient (Wildman–Crippen LogP) is 8.38. The van der Waals surface area contributed by atoms with Crippen LogP contribution in [0.3, 0.4) is 0 Å². The molecule has 0 aliphatic carbocycles. The molecule has 9 heteroatoms.